The van der Waals surface area contributed by atoms with Crippen LogP contribution in [-0.4, -0.2) is 21.6 Å². The Bertz CT molecular complexity index is 661. The molecule has 0 fully saturated rings. The first kappa shape index (κ1) is 13.7. The van der Waals surface area contributed by atoms with Gasteiger partial charge in [-0.15, -0.1) is 4.68 Å². The fourth-order valence-electron chi connectivity index (χ4n) is 1.80. The van der Waals surface area contributed by atoms with E-state index >= 15 is 0 Å². The van der Waals surface area contributed by atoms with E-state index in [1.54, 1.807) is 38.2 Å². The molecule has 1 aromatic carbocycles. The Kier molecular flexibility index (Phi) is 3.79. The van der Waals surface area contributed by atoms with Gasteiger partial charge in [-0.1, -0.05) is 22.9 Å². The van der Waals surface area contributed by atoms with Gasteiger partial charge in [0.25, 0.3) is 11.7 Å². The molecule has 2 rings (SSSR count). The second kappa shape index (κ2) is 5.52. The number of aliphatic imine (C=N–C) groups is 1. The molecular weight excluding hydrogens is 258 g/mol. The van der Waals surface area contributed by atoms with Crippen molar-refractivity contribution in [1.29, 1.82) is 0 Å². The Morgan fingerprint density at radius 3 is 2.65 bits per heavy atom. The molecule has 20 heavy (non-hydrogen) atoms. The summed E-state index contributed by atoms with van der Waals surface area (Å²) >= 11 is 0. The highest BCUT2D eigenvalue weighted by atomic mass is 16.3. The van der Waals surface area contributed by atoms with Gasteiger partial charge < -0.3 is 5.11 Å². The van der Waals surface area contributed by atoms with Gasteiger partial charge in [0.15, 0.2) is 0 Å². The molecule has 1 aromatic heterocycles. The minimum Gasteiger partial charge on any atom is -0.853 e. The minimum absolute atomic E-state index is 0.182. The third-order valence-electron chi connectivity index (χ3n) is 2.58. The summed E-state index contributed by atoms with van der Waals surface area (Å²) in [5.41, 5.74) is 3.09. The smallest absolute Gasteiger partial charge is 0.338 e. The van der Waals surface area contributed by atoms with Gasteiger partial charge in [0, 0.05) is 13.8 Å². The first-order valence-corrected chi connectivity index (χ1v) is 6.03. The molecule has 104 valence electrons. The van der Waals surface area contributed by atoms with Crippen LogP contribution in [0.2, 0.25) is 0 Å². The number of nitrogens with zero attached hydrogens (tertiary/aromatic N) is 4. The normalized spacial score (nSPS) is 11.4. The molecule has 0 saturated carbocycles. The highest BCUT2D eigenvalue weighted by Crippen LogP contribution is 2.10. The maximum absolute atomic E-state index is 12.3. The molecule has 0 atom stereocenters. The lowest BCUT2D eigenvalue weighted by Crippen LogP contribution is -2.43. The number of aryl methyl sites for hydroxylation is 2. The highest BCUT2D eigenvalue weighted by molar-refractivity contribution is 5.89. The summed E-state index contributed by atoms with van der Waals surface area (Å²) in [5, 5.41) is 16.4. The molecule has 0 aliphatic heterocycles. The van der Waals surface area contributed by atoms with E-state index in [0.717, 1.165) is 0 Å². The second-order valence-corrected chi connectivity index (χ2v) is 4.25. The van der Waals surface area contributed by atoms with Gasteiger partial charge in [0.2, 0.25) is 0 Å². The van der Waals surface area contributed by atoms with E-state index in [4.69, 9.17) is 0 Å². The molecule has 0 spiro atoms. The number of para-hydroxylation sites is 1. The van der Waals surface area contributed by atoms with Crippen molar-refractivity contribution in [2.45, 2.75) is 13.8 Å². The summed E-state index contributed by atoms with van der Waals surface area (Å²) in [5.74, 6) is -0.0937. The van der Waals surface area contributed by atoms with Crippen LogP contribution in [0.1, 0.15) is 18.6 Å². The molecular formula is C13H15N5O2. The van der Waals surface area contributed by atoms with Crippen molar-refractivity contribution < 1.29 is 14.6 Å². The van der Waals surface area contributed by atoms with Crippen LogP contribution in [0.25, 0.3) is 0 Å². The third kappa shape index (κ3) is 2.82. The van der Waals surface area contributed by atoms with Crippen molar-refractivity contribution in [3.63, 3.8) is 0 Å². The molecule has 0 aliphatic carbocycles. The average Bonchev–Trinajstić information content (AvgIpc) is 2.64. The number of hydrogen-bond acceptors (Lipinski definition) is 4. The van der Waals surface area contributed by atoms with E-state index in [9.17, 15) is 9.90 Å². The van der Waals surface area contributed by atoms with Crippen LogP contribution >= 0.6 is 0 Å². The summed E-state index contributed by atoms with van der Waals surface area (Å²) in [6, 6.07) is 8.88. The lowest BCUT2D eigenvalue weighted by molar-refractivity contribution is -0.731. The Morgan fingerprint density at radius 2 is 2.05 bits per heavy atom. The van der Waals surface area contributed by atoms with E-state index in [1.165, 1.54) is 16.3 Å². The van der Waals surface area contributed by atoms with Crippen LogP contribution in [0.3, 0.4) is 0 Å². The first-order valence-electron chi connectivity index (χ1n) is 6.03. The number of hydrogen-bond donors (Lipinski definition) is 1. The molecule has 0 bridgehead atoms. The number of amides is 1. The molecule has 0 radical (unpaired) electrons. The largest absolute Gasteiger partial charge is 0.853 e. The van der Waals surface area contributed by atoms with Crippen LogP contribution in [0.5, 0.6) is 0 Å². The van der Waals surface area contributed by atoms with Gasteiger partial charge in [0.1, 0.15) is 7.05 Å². The number of nitrogens with one attached hydrogen (secondary N) is 1. The van der Waals surface area contributed by atoms with Gasteiger partial charge in [-0.2, -0.15) is 5.43 Å². The van der Waals surface area contributed by atoms with Crippen molar-refractivity contribution in [3.8, 4) is 0 Å². The Hall–Kier alpha value is -2.70. The quantitative estimate of drug-likeness (QED) is 0.466. The summed E-state index contributed by atoms with van der Waals surface area (Å²) < 4.78 is 2.72. The predicted octanol–water partition coefficient (Wildman–Crippen LogP) is -0.455. The summed E-state index contributed by atoms with van der Waals surface area (Å²) in [6.45, 7) is 3.05. The zero-order valence-corrected chi connectivity index (χ0v) is 11.5. The van der Waals surface area contributed by atoms with Gasteiger partial charge in [0.05, 0.1) is 11.6 Å². The molecule has 2 aromatic rings. The molecule has 1 amide bonds. The minimum atomic E-state index is -0.479. The number of rotatable bonds is 3. The average molecular weight is 273 g/mol. The maximum Gasteiger partial charge on any atom is 0.338 e. The van der Waals surface area contributed by atoms with Crippen molar-refractivity contribution in [2.24, 2.45) is 12.0 Å². The maximum atomic E-state index is 12.3. The van der Waals surface area contributed by atoms with E-state index in [0.29, 0.717) is 11.5 Å². The summed E-state index contributed by atoms with van der Waals surface area (Å²) in [7, 11) is 1.62. The van der Waals surface area contributed by atoms with Gasteiger partial charge in [-0.3, -0.25) is 9.79 Å². The van der Waals surface area contributed by atoms with E-state index in [1.807, 2.05) is 6.07 Å². The first-order chi connectivity index (χ1) is 9.49. The lowest BCUT2D eigenvalue weighted by atomic mass is 10.3. The monoisotopic (exact) mass is 273 g/mol. The fourth-order valence-corrected chi connectivity index (χ4v) is 1.80. The van der Waals surface area contributed by atoms with Gasteiger partial charge in [-0.25, -0.2) is 0 Å². The number of carbonyl (C=O) groups is 1. The topological polar surface area (TPSA) is 86.2 Å². The van der Waals surface area contributed by atoms with Crippen LogP contribution in [0.4, 0.5) is 5.69 Å². The lowest BCUT2D eigenvalue weighted by Gasteiger charge is -2.08. The standard InChI is InChI=1S/C13H15N5O2/c1-9-15-17(3)13(18(9)16-10(2)19)12(20)14-11-7-5-4-6-8-11/h4-8H,1-3H3,(H-,14,16,19,20). The summed E-state index contributed by atoms with van der Waals surface area (Å²) in [6.07, 6.45) is 0. The zero-order chi connectivity index (χ0) is 14.7. The molecule has 7 nitrogen and oxygen atoms in total. The summed E-state index contributed by atoms with van der Waals surface area (Å²) in [4.78, 5) is 15.2. The van der Waals surface area contributed by atoms with Crippen molar-refractivity contribution >= 4 is 17.5 Å². The second-order valence-electron chi connectivity index (χ2n) is 4.25. The van der Waals surface area contributed by atoms with Crippen molar-refractivity contribution in [2.75, 3.05) is 5.43 Å². The van der Waals surface area contributed by atoms with Gasteiger partial charge in [-0.05, 0) is 17.2 Å². The Labute approximate surface area is 116 Å². The molecule has 0 aliphatic rings. The fraction of sp³-hybridized carbons (Fsp3) is 0.231. The zero-order valence-electron chi connectivity index (χ0n) is 11.5. The molecule has 1 heterocycles. The van der Waals surface area contributed by atoms with E-state index in [-0.39, 0.29) is 11.7 Å². The van der Waals surface area contributed by atoms with Crippen molar-refractivity contribution in [1.82, 2.24) is 9.77 Å². The Morgan fingerprint density at radius 1 is 1.40 bits per heavy atom. The molecule has 0 unspecified atom stereocenters. The highest BCUT2D eigenvalue weighted by Gasteiger charge is 2.22. The van der Waals surface area contributed by atoms with Crippen molar-refractivity contribution in [3.05, 3.63) is 42.0 Å². The molecule has 1 N–H and O–H groups in total. The van der Waals surface area contributed by atoms with Crippen LogP contribution in [0.15, 0.2) is 35.3 Å². The molecule has 0 saturated heterocycles. The predicted molar refractivity (Wildman–Crippen MR) is 70.8 cm³/mol. The van der Waals surface area contributed by atoms with Crippen LogP contribution in [-0.2, 0) is 11.8 Å². The van der Waals surface area contributed by atoms with Crippen LogP contribution < -0.4 is 15.2 Å². The van der Waals surface area contributed by atoms with Gasteiger partial charge >= 0.3 is 5.82 Å². The van der Waals surface area contributed by atoms with E-state index < -0.39 is 5.90 Å². The SMILES string of the molecule is CC(=O)Nn1c(C)n[n+](C)c1C([O-])=Nc1ccccc1. The Balaban J connectivity index is 2.46. The van der Waals surface area contributed by atoms with Crippen LogP contribution in [0, 0.1) is 6.92 Å². The molecule has 7 heteroatoms. The number of aromatic nitrogens is 3. The van der Waals surface area contributed by atoms with E-state index in [2.05, 4.69) is 15.5 Å². The number of benzene rings is 1. The number of carbonyl (C=O) groups excluding carboxylic acids is 1. The third-order valence-corrected chi connectivity index (χ3v) is 2.58.